The lowest BCUT2D eigenvalue weighted by atomic mass is 10.1. The summed E-state index contributed by atoms with van der Waals surface area (Å²) in [6.07, 6.45) is -2.83. The van der Waals surface area contributed by atoms with Gasteiger partial charge in [0.1, 0.15) is 5.60 Å². The van der Waals surface area contributed by atoms with Crippen molar-refractivity contribution in [2.24, 2.45) is 7.05 Å². The van der Waals surface area contributed by atoms with Crippen molar-refractivity contribution in [3.63, 3.8) is 0 Å². The molecule has 2 rings (SSSR count). The Labute approximate surface area is 114 Å². The van der Waals surface area contributed by atoms with Crippen LogP contribution in [0.2, 0.25) is 0 Å². The number of halogens is 2. The van der Waals surface area contributed by atoms with Crippen LogP contribution in [0.25, 0.3) is 10.9 Å². The minimum absolute atomic E-state index is 0.144. The maximum absolute atomic E-state index is 12.5. The average molecular weight is 282 g/mol. The van der Waals surface area contributed by atoms with Gasteiger partial charge >= 0.3 is 0 Å². The van der Waals surface area contributed by atoms with Crippen molar-refractivity contribution in [1.82, 2.24) is 4.57 Å². The molecule has 1 unspecified atom stereocenters. The second-order valence-corrected chi connectivity index (χ2v) is 5.02. The van der Waals surface area contributed by atoms with E-state index in [1.54, 1.807) is 31.3 Å². The van der Waals surface area contributed by atoms with Crippen LogP contribution in [0.3, 0.4) is 0 Å². The van der Waals surface area contributed by atoms with E-state index in [2.05, 4.69) is 5.32 Å². The van der Waals surface area contributed by atoms with Gasteiger partial charge in [0, 0.05) is 25.3 Å². The molecule has 0 saturated heterocycles. The third-order valence-corrected chi connectivity index (χ3v) is 3.25. The lowest BCUT2D eigenvalue weighted by Gasteiger charge is -2.23. The van der Waals surface area contributed by atoms with Crippen LogP contribution in [-0.4, -0.2) is 28.2 Å². The zero-order chi connectivity index (χ0) is 14.9. The van der Waals surface area contributed by atoms with Crippen molar-refractivity contribution in [1.29, 1.82) is 0 Å². The predicted molar refractivity (Wildman–Crippen MR) is 74.3 cm³/mol. The lowest BCUT2D eigenvalue weighted by Crippen LogP contribution is -2.40. The number of aryl methyl sites for hydroxylation is 1. The Balaban J connectivity index is 2.28. The van der Waals surface area contributed by atoms with Gasteiger partial charge in [-0.15, -0.1) is 0 Å². The molecule has 2 N–H and O–H groups in total. The molecule has 0 radical (unpaired) electrons. The number of benzene rings is 1. The van der Waals surface area contributed by atoms with Gasteiger partial charge in [-0.25, -0.2) is 8.78 Å². The highest BCUT2D eigenvalue weighted by atomic mass is 19.3. The van der Waals surface area contributed by atoms with Crippen LogP contribution >= 0.6 is 0 Å². The smallest absolute Gasteiger partial charge is 0.268 e. The normalized spacial score (nSPS) is 14.5. The Bertz CT molecular complexity index is 680. The standard InChI is InChI=1S/C14H16F2N2O2/c1-14(20,13(15)16)8-17-10-5-3-9-4-6-12(19)18(2)11(9)7-10/h3-7,13,17,20H,8H2,1-2H3. The van der Waals surface area contributed by atoms with Crippen LogP contribution in [0.1, 0.15) is 6.92 Å². The number of aliphatic hydroxyl groups is 1. The Morgan fingerprint density at radius 3 is 2.65 bits per heavy atom. The monoisotopic (exact) mass is 282 g/mol. The van der Waals surface area contributed by atoms with Gasteiger partial charge in [0.05, 0.1) is 5.52 Å². The van der Waals surface area contributed by atoms with Gasteiger partial charge in [0.2, 0.25) is 0 Å². The quantitative estimate of drug-likeness (QED) is 0.901. The lowest BCUT2D eigenvalue weighted by molar-refractivity contribution is -0.0732. The van der Waals surface area contributed by atoms with Gasteiger partial charge in [-0.05, 0) is 30.5 Å². The van der Waals surface area contributed by atoms with Crippen LogP contribution in [0.5, 0.6) is 0 Å². The van der Waals surface area contributed by atoms with E-state index in [4.69, 9.17) is 0 Å². The maximum Gasteiger partial charge on any atom is 0.268 e. The van der Waals surface area contributed by atoms with Crippen LogP contribution in [0, 0.1) is 0 Å². The summed E-state index contributed by atoms with van der Waals surface area (Å²) in [6.45, 7) is 0.790. The number of anilines is 1. The first-order chi connectivity index (χ1) is 9.31. The van der Waals surface area contributed by atoms with Crippen molar-refractivity contribution in [2.45, 2.75) is 19.0 Å². The van der Waals surface area contributed by atoms with Crippen molar-refractivity contribution in [2.75, 3.05) is 11.9 Å². The second kappa shape index (κ2) is 5.20. The van der Waals surface area contributed by atoms with Crippen molar-refractivity contribution in [3.8, 4) is 0 Å². The summed E-state index contributed by atoms with van der Waals surface area (Å²) >= 11 is 0. The van der Waals surface area contributed by atoms with E-state index in [0.717, 1.165) is 12.3 Å². The van der Waals surface area contributed by atoms with Crippen LogP contribution in [-0.2, 0) is 7.05 Å². The molecule has 0 bridgehead atoms. The summed E-state index contributed by atoms with van der Waals surface area (Å²) in [5.74, 6) is 0. The Hall–Kier alpha value is -1.95. The topological polar surface area (TPSA) is 54.3 Å². The van der Waals surface area contributed by atoms with Crippen molar-refractivity contribution in [3.05, 3.63) is 40.7 Å². The first kappa shape index (κ1) is 14.5. The van der Waals surface area contributed by atoms with Gasteiger partial charge in [-0.1, -0.05) is 6.07 Å². The van der Waals surface area contributed by atoms with Crippen LogP contribution in [0.4, 0.5) is 14.5 Å². The van der Waals surface area contributed by atoms with Gasteiger partial charge in [0.15, 0.2) is 0 Å². The van der Waals surface area contributed by atoms with E-state index >= 15 is 0 Å². The minimum Gasteiger partial charge on any atom is -0.382 e. The van der Waals surface area contributed by atoms with E-state index in [1.165, 1.54) is 10.6 Å². The Morgan fingerprint density at radius 2 is 2.00 bits per heavy atom. The third kappa shape index (κ3) is 2.80. The molecule has 0 fully saturated rings. The predicted octanol–water partition coefficient (Wildman–Crippen LogP) is 1.97. The highest BCUT2D eigenvalue weighted by Gasteiger charge is 2.31. The van der Waals surface area contributed by atoms with Gasteiger partial charge in [0.25, 0.3) is 12.0 Å². The molecule has 108 valence electrons. The Morgan fingerprint density at radius 1 is 1.35 bits per heavy atom. The van der Waals surface area contributed by atoms with E-state index < -0.39 is 12.0 Å². The van der Waals surface area contributed by atoms with Crippen LogP contribution < -0.4 is 10.9 Å². The molecule has 0 amide bonds. The van der Waals surface area contributed by atoms with Gasteiger partial charge < -0.3 is 15.0 Å². The molecule has 0 aliphatic heterocycles. The molecule has 1 aromatic carbocycles. The number of nitrogens with zero attached hydrogens (tertiary/aromatic N) is 1. The summed E-state index contributed by atoms with van der Waals surface area (Å²) in [4.78, 5) is 11.6. The van der Waals surface area contributed by atoms with E-state index in [-0.39, 0.29) is 12.1 Å². The average Bonchev–Trinajstić information content (AvgIpc) is 2.41. The molecule has 4 nitrogen and oxygen atoms in total. The molecule has 1 aromatic heterocycles. The minimum atomic E-state index is -2.83. The summed E-state index contributed by atoms with van der Waals surface area (Å²) in [5.41, 5.74) is -0.981. The third-order valence-electron chi connectivity index (χ3n) is 3.25. The van der Waals surface area contributed by atoms with Crippen molar-refractivity contribution >= 4 is 16.6 Å². The molecule has 0 aliphatic rings. The zero-order valence-electron chi connectivity index (χ0n) is 11.2. The molecule has 0 saturated carbocycles. The number of fused-ring (bicyclic) bond motifs is 1. The number of alkyl halides is 2. The largest absolute Gasteiger partial charge is 0.382 e. The number of hydrogen-bond donors (Lipinski definition) is 2. The Kier molecular flexibility index (Phi) is 3.76. The first-order valence-electron chi connectivity index (χ1n) is 6.15. The van der Waals surface area contributed by atoms with E-state index in [9.17, 15) is 18.7 Å². The number of aromatic nitrogens is 1. The fourth-order valence-corrected chi connectivity index (χ4v) is 1.83. The molecule has 0 aliphatic carbocycles. The molecule has 2 aromatic rings. The van der Waals surface area contributed by atoms with Crippen molar-refractivity contribution < 1.29 is 13.9 Å². The molecule has 6 heteroatoms. The zero-order valence-corrected chi connectivity index (χ0v) is 11.2. The number of hydrogen-bond acceptors (Lipinski definition) is 3. The summed E-state index contributed by atoms with van der Waals surface area (Å²) in [6, 6.07) is 8.37. The molecule has 1 heterocycles. The number of pyridine rings is 1. The van der Waals surface area contributed by atoms with E-state index in [1.807, 2.05) is 0 Å². The SMILES string of the molecule is Cn1c(=O)ccc2ccc(NCC(C)(O)C(F)F)cc21. The number of nitrogens with one attached hydrogen (secondary N) is 1. The highest BCUT2D eigenvalue weighted by Crippen LogP contribution is 2.20. The second-order valence-electron chi connectivity index (χ2n) is 5.02. The number of rotatable bonds is 4. The first-order valence-corrected chi connectivity index (χ1v) is 6.15. The molecular formula is C14H16F2N2O2. The summed E-state index contributed by atoms with van der Waals surface area (Å²) in [5, 5.41) is 13.1. The van der Waals surface area contributed by atoms with Crippen LogP contribution in [0.15, 0.2) is 35.1 Å². The maximum atomic E-state index is 12.5. The molecular weight excluding hydrogens is 266 g/mol. The molecule has 1 atom stereocenters. The van der Waals surface area contributed by atoms with Gasteiger partial charge in [-0.2, -0.15) is 0 Å². The summed E-state index contributed by atoms with van der Waals surface area (Å²) in [7, 11) is 1.64. The fourth-order valence-electron chi connectivity index (χ4n) is 1.83. The van der Waals surface area contributed by atoms with E-state index in [0.29, 0.717) is 11.2 Å². The summed E-state index contributed by atoms with van der Waals surface area (Å²) < 4.78 is 26.6. The fraction of sp³-hybridized carbons (Fsp3) is 0.357. The van der Waals surface area contributed by atoms with Gasteiger partial charge in [-0.3, -0.25) is 4.79 Å². The molecule has 0 spiro atoms. The highest BCUT2D eigenvalue weighted by molar-refractivity contribution is 5.82. The molecule has 20 heavy (non-hydrogen) atoms.